The van der Waals surface area contributed by atoms with Crippen molar-refractivity contribution in [3.8, 4) is 0 Å². The Balaban J connectivity index is -0.0000000164. The Labute approximate surface area is 190 Å². The van der Waals surface area contributed by atoms with E-state index in [1.807, 2.05) is 0 Å². The summed E-state index contributed by atoms with van der Waals surface area (Å²) in [5.41, 5.74) is 0. The fourth-order valence-electron chi connectivity index (χ4n) is 0. The minimum absolute atomic E-state index is 0. The fourth-order valence-corrected chi connectivity index (χ4v) is 0. The Bertz CT molecular complexity index is 182. The van der Waals surface area contributed by atoms with Crippen LogP contribution in [0, 0.1) is 0 Å². The molecule has 0 amide bonds. The summed E-state index contributed by atoms with van der Waals surface area (Å²) in [6, 6.07) is 0. The summed E-state index contributed by atoms with van der Waals surface area (Å²) in [4.78, 5) is 35.7. The van der Waals surface area contributed by atoms with Crippen molar-refractivity contribution in [2.24, 2.45) is 0 Å². The van der Waals surface area contributed by atoms with Crippen molar-refractivity contribution in [3.05, 3.63) is 13.2 Å². The molecule has 0 rings (SSSR count). The maximum atomic E-state index is 9.00. The van der Waals surface area contributed by atoms with Crippen LogP contribution >= 0.6 is 0 Å². The van der Waals surface area contributed by atoms with Crippen molar-refractivity contribution in [1.82, 2.24) is 0 Å². The first-order chi connectivity index (χ1) is 7.93. The van der Waals surface area contributed by atoms with Crippen molar-refractivity contribution >= 4 is 23.9 Å². The third-order valence-corrected chi connectivity index (χ3v) is 0. The summed E-state index contributed by atoms with van der Waals surface area (Å²) in [7, 11) is 0. The molecule has 0 aliphatic rings. The van der Waals surface area contributed by atoms with Gasteiger partial charge in [-0.25, -0.2) is 0 Å². The van der Waals surface area contributed by atoms with Crippen molar-refractivity contribution < 1.29 is 128 Å². The molecule has 0 fully saturated rings. The van der Waals surface area contributed by atoms with E-state index >= 15 is 0 Å². The van der Waals surface area contributed by atoms with Crippen LogP contribution in [0.25, 0.3) is 0 Å². The molecule has 0 unspecified atom stereocenters. The van der Waals surface area contributed by atoms with E-state index in [0.717, 1.165) is 27.7 Å². The van der Waals surface area contributed by atoms with E-state index in [9.17, 15) is 0 Å². The smallest absolute Gasteiger partial charge is 0.550 e. The second-order valence-electron chi connectivity index (χ2n) is 1.99. The van der Waals surface area contributed by atoms with E-state index in [2.05, 4.69) is 13.2 Å². The molecule has 0 aliphatic heterocycles. The molecule has 0 bridgehead atoms. The molecular weight excluding hydrogens is 317 g/mol. The van der Waals surface area contributed by atoms with Crippen LogP contribution in [0.5, 0.6) is 0 Å². The first kappa shape index (κ1) is 49.6. The van der Waals surface area contributed by atoms with Gasteiger partial charge in [0.1, 0.15) is 0 Å². The standard InChI is InChI=1S/4C2H4O2.C2H4.3Na/c4*1-2(3)4;1-2;;;/h4*1H3,(H,3,4);1-2H2;;;/q;;;;;3*+1/p-3. The molecule has 0 heterocycles. The van der Waals surface area contributed by atoms with Crippen LogP contribution in [0.1, 0.15) is 27.7 Å². The molecule has 0 aromatic rings. The molecule has 21 heavy (non-hydrogen) atoms. The minimum atomic E-state index is -1.08. The third-order valence-electron chi connectivity index (χ3n) is 0. The van der Waals surface area contributed by atoms with E-state index in [1.165, 1.54) is 0 Å². The van der Waals surface area contributed by atoms with Gasteiger partial charge in [-0.2, -0.15) is 0 Å². The number of hydrogen-bond acceptors (Lipinski definition) is 7. The predicted molar refractivity (Wildman–Crippen MR) is 56.6 cm³/mol. The van der Waals surface area contributed by atoms with Gasteiger partial charge in [0.05, 0.1) is 0 Å². The van der Waals surface area contributed by atoms with Gasteiger partial charge in [-0.15, -0.1) is 13.2 Å². The Morgan fingerprint density at radius 2 is 0.667 bits per heavy atom. The molecular formula is C10H17Na3O8. The maximum absolute atomic E-state index is 9.00. The van der Waals surface area contributed by atoms with Crippen molar-refractivity contribution in [3.63, 3.8) is 0 Å². The number of aliphatic carboxylic acids is 4. The molecule has 0 aliphatic carbocycles. The van der Waals surface area contributed by atoms with Gasteiger partial charge in [-0.3, -0.25) is 4.79 Å². The van der Waals surface area contributed by atoms with Crippen molar-refractivity contribution in [1.29, 1.82) is 0 Å². The van der Waals surface area contributed by atoms with Crippen LogP contribution in [-0.4, -0.2) is 29.0 Å². The molecule has 0 aromatic carbocycles. The van der Waals surface area contributed by atoms with Gasteiger partial charge in [-0.05, 0) is 20.8 Å². The summed E-state index contributed by atoms with van der Waals surface area (Å²) in [6.07, 6.45) is 0. The van der Waals surface area contributed by atoms with Crippen molar-refractivity contribution in [2.75, 3.05) is 0 Å². The van der Waals surface area contributed by atoms with E-state index in [1.54, 1.807) is 0 Å². The number of carbonyl (C=O) groups excluding carboxylic acids is 3. The summed E-state index contributed by atoms with van der Waals surface area (Å²) in [6.45, 7) is 10.00. The number of carbonyl (C=O) groups is 4. The SMILES string of the molecule is C=C.CC(=O)O.CC(=O)[O-].CC(=O)[O-].CC(=O)[O-].[Na+].[Na+].[Na+]. The zero-order chi connectivity index (χ0) is 16.3. The predicted octanol–water partition coefficient (Wildman–Crippen LogP) is -11.8. The van der Waals surface area contributed by atoms with Gasteiger partial charge >= 0.3 is 88.7 Å². The van der Waals surface area contributed by atoms with Gasteiger partial charge in [0.2, 0.25) is 0 Å². The largest absolute Gasteiger partial charge is 1.00 e. The molecule has 108 valence electrons. The molecule has 0 radical (unpaired) electrons. The van der Waals surface area contributed by atoms with Crippen LogP contribution < -0.4 is 104 Å². The molecule has 0 saturated carbocycles. The van der Waals surface area contributed by atoms with Crippen LogP contribution in [0.3, 0.4) is 0 Å². The number of carboxylic acids is 4. The molecule has 0 saturated heterocycles. The Morgan fingerprint density at radius 1 is 0.667 bits per heavy atom. The van der Waals surface area contributed by atoms with Gasteiger partial charge in [0, 0.05) is 24.8 Å². The quantitative estimate of drug-likeness (QED) is 0.338. The summed E-state index contributed by atoms with van der Waals surface area (Å²) in [5.74, 6) is -4.08. The molecule has 11 heteroatoms. The van der Waals surface area contributed by atoms with Gasteiger partial charge in [0.15, 0.2) is 0 Å². The van der Waals surface area contributed by atoms with Crippen molar-refractivity contribution in [2.45, 2.75) is 27.7 Å². The molecule has 0 aromatic heterocycles. The first-order valence-corrected chi connectivity index (χ1v) is 4.15. The summed E-state index contributed by atoms with van der Waals surface area (Å²) >= 11 is 0. The Morgan fingerprint density at radius 3 is 0.667 bits per heavy atom. The van der Waals surface area contributed by atoms with Gasteiger partial charge in [-0.1, -0.05) is 0 Å². The number of carboxylic acid groups (broad SMARTS) is 4. The minimum Gasteiger partial charge on any atom is -0.550 e. The normalized spacial score (nSPS) is 4.95. The number of hydrogen-bond donors (Lipinski definition) is 1. The van der Waals surface area contributed by atoms with E-state index in [4.69, 9.17) is 39.6 Å². The topological polar surface area (TPSA) is 158 Å². The Kier molecular flexibility index (Phi) is 118. The average molecular weight is 334 g/mol. The van der Waals surface area contributed by atoms with Gasteiger partial charge < -0.3 is 34.8 Å². The second kappa shape index (κ2) is 49.8. The van der Waals surface area contributed by atoms with Crippen LogP contribution in [0.4, 0.5) is 0 Å². The monoisotopic (exact) mass is 334 g/mol. The molecule has 0 spiro atoms. The zero-order valence-electron chi connectivity index (χ0n) is 13.7. The summed E-state index contributed by atoms with van der Waals surface area (Å²) < 4.78 is 0. The first-order valence-electron chi connectivity index (χ1n) is 4.15. The second-order valence-corrected chi connectivity index (χ2v) is 1.99. The molecule has 0 atom stereocenters. The maximum Gasteiger partial charge on any atom is 1.00 e. The average Bonchev–Trinajstić information content (AvgIpc) is 2.01. The molecule has 8 nitrogen and oxygen atoms in total. The molecule has 1 N–H and O–H groups in total. The van der Waals surface area contributed by atoms with E-state index < -0.39 is 23.9 Å². The third kappa shape index (κ3) is 18600. The van der Waals surface area contributed by atoms with E-state index in [0.29, 0.717) is 0 Å². The zero-order valence-corrected chi connectivity index (χ0v) is 19.7. The van der Waals surface area contributed by atoms with Crippen LogP contribution in [-0.2, 0) is 19.2 Å². The summed E-state index contributed by atoms with van der Waals surface area (Å²) in [5, 5.41) is 34.1. The van der Waals surface area contributed by atoms with Gasteiger partial charge in [0.25, 0.3) is 5.97 Å². The Hall–Kier alpha value is 0.620. The van der Waals surface area contributed by atoms with E-state index in [-0.39, 0.29) is 88.7 Å². The van der Waals surface area contributed by atoms with Crippen LogP contribution in [0.2, 0.25) is 0 Å². The number of rotatable bonds is 0. The van der Waals surface area contributed by atoms with Crippen LogP contribution in [0.15, 0.2) is 13.2 Å². The fraction of sp³-hybridized carbons (Fsp3) is 0.400.